The quantitative estimate of drug-likeness (QED) is 0.425. The Kier molecular flexibility index (Phi) is 6.51. The van der Waals surface area contributed by atoms with Crippen LogP contribution in [0.25, 0.3) is 0 Å². The number of pyridine rings is 1. The summed E-state index contributed by atoms with van der Waals surface area (Å²) in [5.41, 5.74) is 1.83. The zero-order chi connectivity index (χ0) is 24.0. The average molecular weight is 471 g/mol. The van der Waals surface area contributed by atoms with Crippen LogP contribution in [0.5, 0.6) is 0 Å². The van der Waals surface area contributed by atoms with Crippen molar-refractivity contribution < 1.29 is 9.18 Å². The zero-order valence-electron chi connectivity index (χ0n) is 18.9. The van der Waals surface area contributed by atoms with E-state index in [-0.39, 0.29) is 18.3 Å². The lowest BCUT2D eigenvalue weighted by atomic mass is 10.2. The third-order valence-corrected chi connectivity index (χ3v) is 5.80. The number of amides is 1. The summed E-state index contributed by atoms with van der Waals surface area (Å²) in [4.78, 5) is 32.5. The molecule has 9 nitrogen and oxygen atoms in total. The molecule has 0 saturated carbocycles. The summed E-state index contributed by atoms with van der Waals surface area (Å²) >= 11 is 0. The van der Waals surface area contributed by atoms with Crippen LogP contribution in [-0.2, 0) is 6.54 Å². The fraction of sp³-hybridized carbons (Fsp3) is 0.200. The van der Waals surface area contributed by atoms with Crippen LogP contribution in [0.15, 0.2) is 79.5 Å². The minimum Gasteiger partial charge on any atom is -0.353 e. The van der Waals surface area contributed by atoms with E-state index < -0.39 is 0 Å². The number of piperazine rings is 1. The minimum atomic E-state index is -0.364. The van der Waals surface area contributed by atoms with Crippen molar-refractivity contribution in [3.63, 3.8) is 0 Å². The molecule has 0 atom stereocenters. The van der Waals surface area contributed by atoms with Crippen LogP contribution in [0, 0.1) is 5.82 Å². The number of aromatic nitrogens is 5. The average Bonchev–Trinajstić information content (AvgIpc) is 2.93. The van der Waals surface area contributed by atoms with E-state index in [1.165, 1.54) is 24.5 Å². The van der Waals surface area contributed by atoms with Crippen molar-refractivity contribution in [3.05, 3.63) is 96.5 Å². The van der Waals surface area contributed by atoms with E-state index >= 15 is 0 Å². The Bertz CT molecular complexity index is 1250. The summed E-state index contributed by atoms with van der Waals surface area (Å²) in [5, 5.41) is 7.54. The second-order valence-electron chi connectivity index (χ2n) is 8.05. The highest BCUT2D eigenvalue weighted by molar-refractivity contribution is 6.05. The van der Waals surface area contributed by atoms with E-state index in [0.29, 0.717) is 11.3 Å². The number of hydrogen-bond acceptors (Lipinski definition) is 8. The molecular weight excluding hydrogens is 447 g/mol. The summed E-state index contributed by atoms with van der Waals surface area (Å²) in [6.07, 6.45) is 8.16. The molecule has 176 valence electrons. The van der Waals surface area contributed by atoms with E-state index in [9.17, 15) is 9.18 Å². The second-order valence-corrected chi connectivity index (χ2v) is 8.05. The molecule has 1 fully saturated rings. The van der Waals surface area contributed by atoms with Crippen LogP contribution in [0.2, 0.25) is 0 Å². The third-order valence-electron chi connectivity index (χ3n) is 5.80. The molecule has 0 spiro atoms. The number of halogens is 1. The molecule has 1 amide bonds. The van der Waals surface area contributed by atoms with Gasteiger partial charge in [-0.3, -0.25) is 4.79 Å². The van der Waals surface area contributed by atoms with Gasteiger partial charge >= 0.3 is 0 Å². The lowest BCUT2D eigenvalue weighted by Gasteiger charge is -2.35. The predicted molar refractivity (Wildman–Crippen MR) is 130 cm³/mol. The summed E-state index contributed by atoms with van der Waals surface area (Å²) in [7, 11) is 0. The van der Waals surface area contributed by atoms with Gasteiger partial charge in [-0.1, -0.05) is 6.07 Å². The fourth-order valence-corrected chi connectivity index (χ4v) is 3.94. The van der Waals surface area contributed by atoms with Gasteiger partial charge in [-0.15, -0.1) is 0 Å². The van der Waals surface area contributed by atoms with Crippen molar-refractivity contribution in [2.24, 2.45) is 0 Å². The molecular formula is C25H23FN8O. The van der Waals surface area contributed by atoms with Gasteiger partial charge in [0.15, 0.2) is 0 Å². The maximum absolute atomic E-state index is 13.5. The molecule has 5 rings (SSSR count). The first-order valence-corrected chi connectivity index (χ1v) is 11.2. The molecule has 0 N–H and O–H groups in total. The Labute approximate surface area is 201 Å². The van der Waals surface area contributed by atoms with Gasteiger partial charge < -0.3 is 14.7 Å². The Balaban J connectivity index is 1.29. The summed E-state index contributed by atoms with van der Waals surface area (Å²) < 4.78 is 13.5. The fourth-order valence-electron chi connectivity index (χ4n) is 3.94. The van der Waals surface area contributed by atoms with E-state index in [2.05, 4.69) is 34.9 Å². The standard InChI is InChI=1S/C25H23FN8O/c26-21-3-5-22(6-4-21)34(24(35)20-8-11-30-31-17-20)18-19-2-7-23(29-16-19)32-12-14-33(15-13-32)25-27-9-1-10-28-25/h1-11,16-17H,12-15,18H2. The Morgan fingerprint density at radius 3 is 2.23 bits per heavy atom. The van der Waals surface area contributed by atoms with E-state index in [1.54, 1.807) is 41.7 Å². The van der Waals surface area contributed by atoms with Gasteiger partial charge in [0, 0.05) is 50.5 Å². The molecule has 35 heavy (non-hydrogen) atoms. The molecule has 1 aromatic carbocycles. The van der Waals surface area contributed by atoms with Crippen LogP contribution in [0.1, 0.15) is 15.9 Å². The molecule has 0 aliphatic carbocycles. The maximum Gasteiger partial charge on any atom is 0.260 e. The highest BCUT2D eigenvalue weighted by Crippen LogP contribution is 2.22. The molecule has 4 aromatic rings. The van der Waals surface area contributed by atoms with Crippen LogP contribution in [0.3, 0.4) is 0 Å². The lowest BCUT2D eigenvalue weighted by molar-refractivity contribution is 0.0984. The molecule has 10 heteroatoms. The number of carbonyl (C=O) groups excluding carboxylic acids is 1. The molecule has 4 heterocycles. The summed E-state index contributed by atoms with van der Waals surface area (Å²) in [5.74, 6) is 0.997. The SMILES string of the molecule is O=C(c1ccnnc1)N(Cc1ccc(N2CCN(c3ncccn3)CC2)nc1)c1ccc(F)cc1. The van der Waals surface area contributed by atoms with Gasteiger partial charge in [-0.25, -0.2) is 19.3 Å². The lowest BCUT2D eigenvalue weighted by Crippen LogP contribution is -2.47. The monoisotopic (exact) mass is 470 g/mol. The summed E-state index contributed by atoms with van der Waals surface area (Å²) in [6.45, 7) is 3.50. The minimum absolute atomic E-state index is 0.255. The summed E-state index contributed by atoms with van der Waals surface area (Å²) in [6, 6.07) is 13.2. The van der Waals surface area contributed by atoms with Crippen molar-refractivity contribution in [3.8, 4) is 0 Å². The van der Waals surface area contributed by atoms with Gasteiger partial charge in [0.05, 0.1) is 24.5 Å². The Morgan fingerprint density at radius 2 is 1.57 bits per heavy atom. The van der Waals surface area contributed by atoms with Crippen molar-refractivity contribution in [1.82, 2.24) is 25.1 Å². The first-order valence-electron chi connectivity index (χ1n) is 11.2. The number of carbonyl (C=O) groups is 1. The number of rotatable bonds is 6. The van der Waals surface area contributed by atoms with Gasteiger partial charge in [0.2, 0.25) is 5.95 Å². The largest absolute Gasteiger partial charge is 0.353 e. The van der Waals surface area contributed by atoms with Gasteiger partial charge in [0.25, 0.3) is 5.91 Å². The molecule has 0 bridgehead atoms. The maximum atomic E-state index is 13.5. The highest BCUT2D eigenvalue weighted by atomic mass is 19.1. The molecule has 3 aromatic heterocycles. The van der Waals surface area contributed by atoms with Crippen LogP contribution >= 0.6 is 0 Å². The Morgan fingerprint density at radius 1 is 0.829 bits per heavy atom. The van der Waals surface area contributed by atoms with Crippen LogP contribution in [0.4, 0.5) is 21.8 Å². The van der Waals surface area contributed by atoms with Crippen molar-refractivity contribution >= 4 is 23.4 Å². The normalized spacial score (nSPS) is 13.5. The van der Waals surface area contributed by atoms with E-state index in [1.807, 2.05) is 18.2 Å². The van der Waals surface area contributed by atoms with Gasteiger partial charge in [-0.05, 0) is 48.0 Å². The van der Waals surface area contributed by atoms with Gasteiger partial charge in [0.1, 0.15) is 11.6 Å². The first-order chi connectivity index (χ1) is 17.2. The highest BCUT2D eigenvalue weighted by Gasteiger charge is 2.21. The molecule has 1 aliphatic heterocycles. The van der Waals surface area contributed by atoms with Crippen LogP contribution in [-0.4, -0.2) is 57.2 Å². The van der Waals surface area contributed by atoms with E-state index in [4.69, 9.17) is 0 Å². The number of anilines is 3. The molecule has 1 aliphatic rings. The zero-order valence-corrected chi connectivity index (χ0v) is 18.9. The topological polar surface area (TPSA) is 91.2 Å². The number of nitrogens with zero attached hydrogens (tertiary/aromatic N) is 8. The number of benzene rings is 1. The molecule has 0 radical (unpaired) electrons. The predicted octanol–water partition coefficient (Wildman–Crippen LogP) is 2.97. The first kappa shape index (κ1) is 22.3. The van der Waals surface area contributed by atoms with Gasteiger partial charge in [-0.2, -0.15) is 10.2 Å². The second kappa shape index (κ2) is 10.2. The molecule has 0 unspecified atom stereocenters. The third kappa shape index (κ3) is 5.21. The Hall–Kier alpha value is -4.47. The smallest absolute Gasteiger partial charge is 0.260 e. The molecule has 1 saturated heterocycles. The van der Waals surface area contributed by atoms with Crippen molar-refractivity contribution in [2.75, 3.05) is 40.9 Å². The van der Waals surface area contributed by atoms with Crippen LogP contribution < -0.4 is 14.7 Å². The number of hydrogen-bond donors (Lipinski definition) is 0. The van der Waals surface area contributed by atoms with Crippen molar-refractivity contribution in [1.29, 1.82) is 0 Å². The van der Waals surface area contributed by atoms with E-state index in [0.717, 1.165) is 43.5 Å². The van der Waals surface area contributed by atoms with Crippen molar-refractivity contribution in [2.45, 2.75) is 6.54 Å².